The van der Waals surface area contributed by atoms with Crippen molar-refractivity contribution >= 4 is 65.6 Å². The van der Waals surface area contributed by atoms with Gasteiger partial charge in [-0.05, 0) is 0 Å². The Morgan fingerprint density at radius 1 is 1.09 bits per heavy atom. The van der Waals surface area contributed by atoms with Crippen LogP contribution in [-0.2, 0) is 56.2 Å². The Hall–Kier alpha value is -2.46. The molecular weight excluding hydrogens is 688 g/mol. The zero-order chi connectivity index (χ0) is 31.8. The molecule has 3 fully saturated rings. The van der Waals surface area contributed by atoms with E-state index in [1.165, 1.54) is 10.9 Å². The third-order valence-electron chi connectivity index (χ3n) is 7.38. The molecule has 3 aliphatic rings. The molecule has 4 aromatic rings. The monoisotopic (exact) mass is 708 g/mol. The van der Waals surface area contributed by atoms with Crippen LogP contribution in [0.25, 0.3) is 22.2 Å². The molecule has 18 nitrogen and oxygen atoms in total. The molecule has 7 rings (SSSR count). The minimum absolute atomic E-state index is 0.0255. The van der Waals surface area contributed by atoms with Gasteiger partial charge in [-0.1, -0.05) is 11.8 Å². The molecule has 242 valence electrons. The van der Waals surface area contributed by atoms with E-state index in [1.807, 2.05) is 0 Å². The normalized spacial score (nSPS) is 37.7. The fourth-order valence-electron chi connectivity index (χ4n) is 5.36. The number of alkyl halides is 1. The maximum Gasteiger partial charge on any atom is 0.263 e. The molecule has 4 N–H and O–H groups in total. The Morgan fingerprint density at radius 3 is 2.64 bits per heavy atom. The largest absolute Gasteiger partial charge is 0.780 e. The van der Waals surface area contributed by atoms with Crippen molar-refractivity contribution in [3.63, 3.8) is 0 Å². The predicted octanol–water partition coefficient (Wildman–Crippen LogP) is -0.163. The van der Waals surface area contributed by atoms with Gasteiger partial charge in [-0.15, -0.1) is 0 Å². The quantitative estimate of drug-likeness (QED) is 0.181. The van der Waals surface area contributed by atoms with Crippen molar-refractivity contribution in [1.29, 1.82) is 0 Å². The fraction of sp³-hybridized carbons (Fsp3) is 0.476. The van der Waals surface area contributed by atoms with E-state index >= 15 is 4.39 Å². The highest BCUT2D eigenvalue weighted by Crippen LogP contribution is 2.54. The number of nitrogen functional groups attached to an aromatic ring is 1. The summed E-state index contributed by atoms with van der Waals surface area (Å²) in [6.07, 6.45) is -8.76. The number of aromatic amines is 1. The van der Waals surface area contributed by atoms with E-state index in [-0.39, 0.29) is 22.6 Å². The summed E-state index contributed by atoms with van der Waals surface area (Å²) in [6.45, 7) is -10.6. The van der Waals surface area contributed by atoms with Crippen molar-refractivity contribution in [2.24, 2.45) is 0 Å². The summed E-state index contributed by atoms with van der Waals surface area (Å²) in [5.41, 5.74) is 5.09. The third kappa shape index (κ3) is 5.51. The summed E-state index contributed by atoms with van der Waals surface area (Å²) in [5, 5.41) is 10.6. The molecule has 7 heterocycles. The molecule has 0 aliphatic carbocycles. The second kappa shape index (κ2) is 11.4. The van der Waals surface area contributed by atoms with E-state index in [1.54, 1.807) is 0 Å². The average Bonchev–Trinajstić information content (AvgIpc) is 3.71. The minimum Gasteiger partial charge on any atom is -0.780 e. The Balaban J connectivity index is 1.21. The van der Waals surface area contributed by atoms with Crippen molar-refractivity contribution < 1.29 is 50.9 Å². The van der Waals surface area contributed by atoms with Crippen LogP contribution in [0, 0.1) is 5.82 Å². The number of nitrogens with two attached hydrogens (primary N) is 1. The highest BCUT2D eigenvalue weighted by Gasteiger charge is 2.51. The van der Waals surface area contributed by atoms with E-state index in [9.17, 15) is 23.7 Å². The molecule has 2 unspecified atom stereocenters. The van der Waals surface area contributed by atoms with Crippen molar-refractivity contribution in [2.45, 2.75) is 49.1 Å². The van der Waals surface area contributed by atoms with Gasteiger partial charge in [0, 0.05) is 6.20 Å². The number of aliphatic hydroxyl groups is 1. The number of anilines is 1. The molecule has 45 heavy (non-hydrogen) atoms. The minimum atomic E-state index is -4.59. The van der Waals surface area contributed by atoms with Crippen molar-refractivity contribution in [1.82, 2.24) is 34.1 Å². The lowest BCUT2D eigenvalue weighted by Crippen LogP contribution is -2.36. The molecule has 0 aromatic carbocycles. The number of rotatable bonds is 2. The van der Waals surface area contributed by atoms with Crippen LogP contribution in [0.15, 0.2) is 30.0 Å². The lowest BCUT2D eigenvalue weighted by Gasteiger charge is -2.34. The van der Waals surface area contributed by atoms with Crippen LogP contribution in [0.2, 0.25) is 0 Å². The standard InChI is InChI=1S/C21H22F2N8O10P2S2/c22-7-1-30(17-10(7)19(33)28-5-26-17)21-15-13(32)8(38-21)2-36-42(34,44)40-14-9(3-37-43(35,45)41-15)39-20(11(14)23)31-6-29-12-16(24)25-4-27-18(12)31/h1,4-6,8-9,11,13-15,20-21,32H,2-3H2,(H,34,44)(H,35,45)(H2,24,25,27)(H,26,28,33)/p-2/t8-,9-,11-,13-,14-,15-,20-,21-,42?,43?/m1/s1. The lowest BCUT2D eigenvalue weighted by molar-refractivity contribution is -0.218. The van der Waals surface area contributed by atoms with Crippen LogP contribution in [0.1, 0.15) is 12.5 Å². The topological polar surface area (TPSA) is 236 Å². The first-order valence-corrected chi connectivity index (χ1v) is 18.0. The molecular formula is C21H20F2N8O10P2S2-2. The first kappa shape index (κ1) is 31.2. The van der Waals surface area contributed by atoms with Crippen LogP contribution in [0.4, 0.5) is 14.6 Å². The van der Waals surface area contributed by atoms with Gasteiger partial charge in [0.05, 0.1) is 25.9 Å². The van der Waals surface area contributed by atoms with Crippen LogP contribution >= 0.6 is 13.5 Å². The van der Waals surface area contributed by atoms with Crippen molar-refractivity contribution in [3.8, 4) is 0 Å². The Kier molecular flexibility index (Phi) is 7.86. The maximum atomic E-state index is 16.0. The molecule has 3 aliphatic heterocycles. The number of nitrogens with zero attached hydrogens (tertiary/aromatic N) is 6. The van der Waals surface area contributed by atoms with Gasteiger partial charge in [-0.2, -0.15) is 0 Å². The smallest absolute Gasteiger partial charge is 0.263 e. The summed E-state index contributed by atoms with van der Waals surface area (Å²) >= 11 is 10.1. The zero-order valence-corrected chi connectivity index (χ0v) is 25.6. The number of nitrogens with one attached hydrogen (secondary N) is 1. The van der Waals surface area contributed by atoms with Gasteiger partial charge < -0.3 is 65.1 Å². The van der Waals surface area contributed by atoms with Crippen LogP contribution < -0.4 is 16.2 Å². The second-order valence-corrected chi connectivity index (χ2v) is 15.5. The predicted molar refractivity (Wildman–Crippen MR) is 150 cm³/mol. The van der Waals surface area contributed by atoms with E-state index in [0.29, 0.717) is 0 Å². The molecule has 4 aromatic heterocycles. The molecule has 10 atom stereocenters. The number of aliphatic hydroxyl groups excluding tert-OH is 1. The number of fused-ring (bicyclic) bond motifs is 5. The molecule has 3 saturated heterocycles. The van der Waals surface area contributed by atoms with Crippen molar-refractivity contribution in [2.75, 3.05) is 18.9 Å². The lowest BCUT2D eigenvalue weighted by atomic mass is 10.1. The Labute approximate surface area is 259 Å². The Morgan fingerprint density at radius 2 is 1.84 bits per heavy atom. The third-order valence-corrected chi connectivity index (χ3v) is 10.5. The van der Waals surface area contributed by atoms with Gasteiger partial charge in [-0.3, -0.25) is 13.9 Å². The molecule has 0 amide bonds. The average molecular weight is 709 g/mol. The summed E-state index contributed by atoms with van der Waals surface area (Å²) in [5.74, 6) is -0.955. The first-order chi connectivity index (χ1) is 21.3. The van der Waals surface area contributed by atoms with Crippen LogP contribution in [0.3, 0.4) is 0 Å². The van der Waals surface area contributed by atoms with Gasteiger partial charge in [0.15, 0.2) is 48.4 Å². The molecule has 0 saturated carbocycles. The number of hydrogen-bond acceptors (Lipinski definition) is 17. The number of H-pyrrole nitrogens is 1. The highest BCUT2D eigenvalue weighted by molar-refractivity contribution is 8.32. The number of aromatic nitrogens is 7. The molecule has 0 radical (unpaired) electrons. The summed E-state index contributed by atoms with van der Waals surface area (Å²) < 4.78 is 79.5. The van der Waals surface area contributed by atoms with Crippen molar-refractivity contribution in [3.05, 3.63) is 41.3 Å². The molecule has 2 bridgehead atoms. The Bertz CT molecular complexity index is 1950. The summed E-state index contributed by atoms with van der Waals surface area (Å²) in [4.78, 5) is 43.8. The number of ether oxygens (including phenoxy) is 2. The van der Waals surface area contributed by atoms with Crippen LogP contribution in [-0.4, -0.2) is 89.1 Å². The fourth-order valence-corrected chi connectivity index (χ4v) is 8.18. The summed E-state index contributed by atoms with van der Waals surface area (Å²) in [7, 11) is 0. The molecule has 0 spiro atoms. The number of imidazole rings is 1. The van der Waals surface area contributed by atoms with E-state index < -0.39 is 92.6 Å². The van der Waals surface area contributed by atoms with Gasteiger partial charge in [0.2, 0.25) is 0 Å². The SMILES string of the molecule is Nc1ncnc2c1ncn2[C@@H]1O[C@@H]2COP([O-])(=S)O[C@@H]3[C@H](O)[C@@H](COP(=O)([S-])O[C@H]2[C@H]1F)O[C@H]3n1cc(F)c2c(=O)[nH]cnc21. The first-order valence-electron chi connectivity index (χ1n) is 12.9. The highest BCUT2D eigenvalue weighted by atomic mass is 32.7. The molecule has 24 heteroatoms. The van der Waals surface area contributed by atoms with E-state index in [4.69, 9.17) is 57.4 Å². The van der Waals surface area contributed by atoms with Gasteiger partial charge in [0.1, 0.15) is 54.5 Å². The van der Waals surface area contributed by atoms with E-state index in [0.717, 1.165) is 23.4 Å². The van der Waals surface area contributed by atoms with E-state index in [2.05, 4.69) is 24.9 Å². The maximum absolute atomic E-state index is 16.0. The summed E-state index contributed by atoms with van der Waals surface area (Å²) in [6, 6.07) is 0. The number of hydrogen-bond donors (Lipinski definition) is 3. The van der Waals surface area contributed by atoms with Gasteiger partial charge in [-0.25, -0.2) is 28.7 Å². The number of halogens is 2. The van der Waals surface area contributed by atoms with Gasteiger partial charge in [0.25, 0.3) is 5.56 Å². The second-order valence-electron chi connectivity index (χ2n) is 10.1. The van der Waals surface area contributed by atoms with Crippen LogP contribution in [0.5, 0.6) is 0 Å². The zero-order valence-electron chi connectivity index (χ0n) is 22.2. The van der Waals surface area contributed by atoms with Gasteiger partial charge >= 0.3 is 0 Å².